The Morgan fingerprint density at radius 1 is 1.33 bits per heavy atom. The second-order valence-corrected chi connectivity index (χ2v) is 5.61. The van der Waals surface area contributed by atoms with Crippen LogP contribution in [0.2, 0.25) is 0 Å². The first-order chi connectivity index (χ1) is 11.7. The number of rotatable bonds is 5. The molecule has 1 saturated heterocycles. The molecule has 0 spiro atoms. The fraction of sp³-hybridized carbons (Fsp3) is 0.412. The summed E-state index contributed by atoms with van der Waals surface area (Å²) < 4.78 is 16.0. The molecule has 3 rings (SSSR count). The molecule has 0 unspecified atom stereocenters. The van der Waals surface area contributed by atoms with Gasteiger partial charge in [-0.05, 0) is 36.8 Å². The van der Waals surface area contributed by atoms with Crippen molar-refractivity contribution in [2.45, 2.75) is 18.6 Å². The van der Waals surface area contributed by atoms with E-state index in [1.807, 2.05) is 24.3 Å². The zero-order chi connectivity index (χ0) is 16.9. The first kappa shape index (κ1) is 16.5. The highest BCUT2D eigenvalue weighted by Gasteiger charge is 2.27. The Morgan fingerprint density at radius 3 is 2.83 bits per heavy atom. The van der Waals surface area contributed by atoms with Crippen molar-refractivity contribution < 1.29 is 19.0 Å². The van der Waals surface area contributed by atoms with Crippen molar-refractivity contribution in [2.24, 2.45) is 0 Å². The number of hydrogen-bond donors (Lipinski definition) is 2. The minimum absolute atomic E-state index is 0.0355. The summed E-state index contributed by atoms with van der Waals surface area (Å²) in [6.07, 6.45) is 0.730. The largest absolute Gasteiger partial charge is 0.497 e. The lowest BCUT2D eigenvalue weighted by molar-refractivity contribution is -0.0349. The van der Waals surface area contributed by atoms with E-state index >= 15 is 0 Å². The number of aromatic amines is 1. The molecule has 1 aromatic carbocycles. The molecule has 128 valence electrons. The van der Waals surface area contributed by atoms with Gasteiger partial charge in [-0.3, -0.25) is 9.89 Å². The van der Waals surface area contributed by atoms with Crippen molar-refractivity contribution in [1.82, 2.24) is 15.5 Å². The number of aromatic nitrogens is 2. The van der Waals surface area contributed by atoms with Gasteiger partial charge in [-0.1, -0.05) is 0 Å². The van der Waals surface area contributed by atoms with Crippen LogP contribution in [0.1, 0.15) is 16.9 Å². The van der Waals surface area contributed by atoms with Crippen LogP contribution in [0.15, 0.2) is 30.3 Å². The molecule has 1 fully saturated rings. The molecule has 0 bridgehead atoms. The van der Waals surface area contributed by atoms with E-state index in [2.05, 4.69) is 15.5 Å². The van der Waals surface area contributed by atoms with Crippen LogP contribution in [-0.4, -0.2) is 55.7 Å². The smallest absolute Gasteiger partial charge is 0.269 e. The number of amides is 1. The molecule has 0 saturated carbocycles. The number of carbonyl (C=O) groups excluding carboxylic acids is 1. The van der Waals surface area contributed by atoms with Gasteiger partial charge in [0.1, 0.15) is 11.4 Å². The molecule has 0 radical (unpaired) electrons. The van der Waals surface area contributed by atoms with E-state index < -0.39 is 0 Å². The first-order valence-corrected chi connectivity index (χ1v) is 7.82. The zero-order valence-electron chi connectivity index (χ0n) is 13.7. The van der Waals surface area contributed by atoms with Crippen LogP contribution in [0.25, 0.3) is 11.3 Å². The molecule has 2 heterocycles. The summed E-state index contributed by atoms with van der Waals surface area (Å²) in [7, 11) is 3.27. The molecule has 1 aromatic heterocycles. The number of nitrogens with zero attached hydrogens (tertiary/aromatic N) is 1. The topological polar surface area (TPSA) is 85.5 Å². The van der Waals surface area contributed by atoms with E-state index in [1.165, 1.54) is 0 Å². The maximum Gasteiger partial charge on any atom is 0.269 e. The van der Waals surface area contributed by atoms with Gasteiger partial charge in [0.25, 0.3) is 5.91 Å². The summed E-state index contributed by atoms with van der Waals surface area (Å²) in [6, 6.07) is 9.06. The number of carbonyl (C=O) groups is 1. The highest BCUT2D eigenvalue weighted by atomic mass is 16.5. The van der Waals surface area contributed by atoms with Crippen molar-refractivity contribution in [2.75, 3.05) is 27.4 Å². The van der Waals surface area contributed by atoms with Crippen LogP contribution < -0.4 is 10.1 Å². The molecular formula is C17H21N3O4. The van der Waals surface area contributed by atoms with Gasteiger partial charge in [0.15, 0.2) is 0 Å². The Hall–Kier alpha value is -2.38. The maximum atomic E-state index is 12.4. The van der Waals surface area contributed by atoms with Crippen molar-refractivity contribution >= 4 is 5.91 Å². The van der Waals surface area contributed by atoms with E-state index in [4.69, 9.17) is 14.2 Å². The number of hydrogen-bond acceptors (Lipinski definition) is 5. The van der Waals surface area contributed by atoms with Gasteiger partial charge in [-0.15, -0.1) is 0 Å². The number of methoxy groups -OCH3 is 2. The summed E-state index contributed by atoms with van der Waals surface area (Å²) >= 11 is 0. The molecule has 2 N–H and O–H groups in total. The standard InChI is InChI=1S/C17H21N3O4/c1-22-12-5-3-11(4-6-12)13-9-14(20-19-13)17(21)18-15-10-24-8-7-16(15)23-2/h3-6,9,15-16H,7-8,10H2,1-2H3,(H,18,21)(H,19,20)/t15-,16-/m1/s1. The number of nitrogens with one attached hydrogen (secondary N) is 2. The average molecular weight is 331 g/mol. The Labute approximate surface area is 140 Å². The van der Waals surface area contributed by atoms with E-state index in [-0.39, 0.29) is 18.1 Å². The van der Waals surface area contributed by atoms with Gasteiger partial charge in [0.05, 0.1) is 31.6 Å². The summed E-state index contributed by atoms with van der Waals surface area (Å²) in [5, 5.41) is 9.93. The van der Waals surface area contributed by atoms with Gasteiger partial charge >= 0.3 is 0 Å². The van der Waals surface area contributed by atoms with E-state index in [0.717, 1.165) is 17.7 Å². The fourth-order valence-electron chi connectivity index (χ4n) is 2.73. The zero-order valence-corrected chi connectivity index (χ0v) is 13.7. The Bertz CT molecular complexity index is 683. The average Bonchev–Trinajstić information content (AvgIpc) is 3.12. The lowest BCUT2D eigenvalue weighted by Gasteiger charge is -2.30. The van der Waals surface area contributed by atoms with Gasteiger partial charge in [-0.25, -0.2) is 0 Å². The molecule has 2 aromatic rings. The van der Waals surface area contributed by atoms with Gasteiger partial charge in [-0.2, -0.15) is 5.10 Å². The van der Waals surface area contributed by atoms with E-state index in [9.17, 15) is 4.79 Å². The highest BCUT2D eigenvalue weighted by Crippen LogP contribution is 2.21. The van der Waals surface area contributed by atoms with Crippen LogP contribution in [0, 0.1) is 0 Å². The number of benzene rings is 1. The summed E-state index contributed by atoms with van der Waals surface area (Å²) in [6.45, 7) is 1.10. The highest BCUT2D eigenvalue weighted by molar-refractivity contribution is 5.93. The fourth-order valence-corrected chi connectivity index (χ4v) is 2.73. The lowest BCUT2D eigenvalue weighted by Crippen LogP contribution is -2.50. The first-order valence-electron chi connectivity index (χ1n) is 7.82. The van der Waals surface area contributed by atoms with Crippen molar-refractivity contribution in [3.05, 3.63) is 36.0 Å². The van der Waals surface area contributed by atoms with Crippen LogP contribution in [0.5, 0.6) is 5.75 Å². The monoisotopic (exact) mass is 331 g/mol. The maximum absolute atomic E-state index is 12.4. The van der Waals surface area contributed by atoms with Crippen LogP contribution in [-0.2, 0) is 9.47 Å². The Kier molecular flexibility index (Phi) is 5.12. The second kappa shape index (κ2) is 7.46. The molecule has 24 heavy (non-hydrogen) atoms. The van der Waals surface area contributed by atoms with Crippen molar-refractivity contribution in [3.8, 4) is 17.0 Å². The third-order valence-corrected chi connectivity index (χ3v) is 4.12. The lowest BCUT2D eigenvalue weighted by atomic mass is 10.1. The van der Waals surface area contributed by atoms with Gasteiger partial charge in [0, 0.05) is 19.3 Å². The van der Waals surface area contributed by atoms with Gasteiger partial charge in [0.2, 0.25) is 0 Å². The van der Waals surface area contributed by atoms with Crippen molar-refractivity contribution in [3.63, 3.8) is 0 Å². The van der Waals surface area contributed by atoms with Crippen LogP contribution in [0.3, 0.4) is 0 Å². The number of H-pyrrole nitrogens is 1. The Morgan fingerprint density at radius 2 is 2.12 bits per heavy atom. The summed E-state index contributed by atoms with van der Waals surface area (Å²) in [5.41, 5.74) is 2.01. The quantitative estimate of drug-likeness (QED) is 0.869. The van der Waals surface area contributed by atoms with Crippen LogP contribution >= 0.6 is 0 Å². The number of ether oxygens (including phenoxy) is 3. The Balaban J connectivity index is 1.68. The van der Waals surface area contributed by atoms with E-state index in [0.29, 0.717) is 24.6 Å². The van der Waals surface area contributed by atoms with Gasteiger partial charge < -0.3 is 19.5 Å². The predicted octanol–water partition coefficient (Wildman–Crippen LogP) is 1.62. The third-order valence-electron chi connectivity index (χ3n) is 4.12. The predicted molar refractivity (Wildman–Crippen MR) is 88.1 cm³/mol. The minimum atomic E-state index is -0.222. The summed E-state index contributed by atoms with van der Waals surface area (Å²) in [4.78, 5) is 12.4. The molecule has 2 atom stereocenters. The molecule has 0 aliphatic carbocycles. The molecule has 7 nitrogen and oxygen atoms in total. The summed E-state index contributed by atoms with van der Waals surface area (Å²) in [5.74, 6) is 0.551. The van der Waals surface area contributed by atoms with Crippen LogP contribution in [0.4, 0.5) is 0 Å². The SMILES string of the molecule is COc1ccc(-c2cc(C(=O)N[C@@H]3COCC[C@H]3OC)[nH]n2)cc1. The molecular weight excluding hydrogens is 310 g/mol. The third kappa shape index (κ3) is 3.58. The minimum Gasteiger partial charge on any atom is -0.497 e. The molecule has 7 heteroatoms. The normalized spacial score (nSPS) is 20.6. The van der Waals surface area contributed by atoms with E-state index in [1.54, 1.807) is 20.3 Å². The molecule has 1 aliphatic heterocycles. The molecule has 1 aliphatic rings. The molecule has 1 amide bonds. The second-order valence-electron chi connectivity index (χ2n) is 5.61. The van der Waals surface area contributed by atoms with Crippen molar-refractivity contribution in [1.29, 1.82) is 0 Å².